The molecule has 0 spiro atoms. The van der Waals surface area contributed by atoms with E-state index in [1.165, 1.54) is 0 Å². The van der Waals surface area contributed by atoms with Crippen LogP contribution in [0, 0.1) is 11.3 Å². The molecule has 1 aliphatic heterocycles. The molecule has 1 atom stereocenters. The van der Waals surface area contributed by atoms with Gasteiger partial charge in [0.25, 0.3) is 0 Å². The lowest BCUT2D eigenvalue weighted by Gasteiger charge is -2.19. The molecule has 1 aromatic rings. The zero-order chi connectivity index (χ0) is 12.4. The molecule has 1 N–H and O–H groups in total. The second-order valence-corrected chi connectivity index (χ2v) is 4.44. The van der Waals surface area contributed by atoms with Gasteiger partial charge in [0.1, 0.15) is 0 Å². The first kappa shape index (κ1) is 11.6. The molecule has 1 aromatic carbocycles. The molecule has 1 unspecified atom stereocenters. The van der Waals surface area contributed by atoms with Gasteiger partial charge in [0.2, 0.25) is 5.91 Å². The van der Waals surface area contributed by atoms with Crippen LogP contribution in [0.1, 0.15) is 18.1 Å². The molecule has 0 aromatic heterocycles. The highest BCUT2D eigenvalue weighted by atomic mass is 16.1. The maximum Gasteiger partial charge on any atom is 0.228 e. The monoisotopic (exact) mass is 229 g/mol. The predicted octanol–water partition coefficient (Wildman–Crippen LogP) is 1.53. The van der Waals surface area contributed by atoms with Gasteiger partial charge in [-0.1, -0.05) is 12.1 Å². The minimum absolute atomic E-state index is 0.0518. The lowest BCUT2D eigenvalue weighted by molar-refractivity contribution is -0.115. The molecule has 0 bridgehead atoms. The van der Waals surface area contributed by atoms with E-state index in [9.17, 15) is 4.79 Å². The zero-order valence-electron chi connectivity index (χ0n) is 10.0. The van der Waals surface area contributed by atoms with Gasteiger partial charge in [-0.25, -0.2) is 0 Å². The molecule has 1 amide bonds. The van der Waals surface area contributed by atoms with Gasteiger partial charge in [0.05, 0.1) is 18.5 Å². The molecule has 17 heavy (non-hydrogen) atoms. The largest absolute Gasteiger partial charge is 0.326 e. The van der Waals surface area contributed by atoms with E-state index in [0.29, 0.717) is 6.42 Å². The number of nitrogens with zero attached hydrogens (tertiary/aromatic N) is 2. The third-order valence-electron chi connectivity index (χ3n) is 3.07. The van der Waals surface area contributed by atoms with Crippen molar-refractivity contribution in [3.63, 3.8) is 0 Å². The highest BCUT2D eigenvalue weighted by molar-refractivity contribution is 5.99. The number of carbonyl (C=O) groups excluding carboxylic acids is 1. The predicted molar refractivity (Wildman–Crippen MR) is 65.3 cm³/mol. The van der Waals surface area contributed by atoms with Gasteiger partial charge in [-0.3, -0.25) is 9.69 Å². The Kier molecular flexibility index (Phi) is 3.12. The van der Waals surface area contributed by atoms with E-state index in [4.69, 9.17) is 5.26 Å². The van der Waals surface area contributed by atoms with Crippen LogP contribution in [-0.4, -0.2) is 23.9 Å². The van der Waals surface area contributed by atoms with Crippen molar-refractivity contribution in [2.75, 3.05) is 12.4 Å². The summed E-state index contributed by atoms with van der Waals surface area (Å²) in [4.78, 5) is 13.2. The molecule has 4 heteroatoms. The molecule has 0 aliphatic carbocycles. The average molecular weight is 229 g/mol. The Morgan fingerprint density at radius 3 is 3.06 bits per heavy atom. The number of carbonyl (C=O) groups is 1. The Balaban J connectivity index is 2.12. The first-order chi connectivity index (χ1) is 8.10. The van der Waals surface area contributed by atoms with Crippen molar-refractivity contribution in [2.24, 2.45) is 0 Å². The van der Waals surface area contributed by atoms with Crippen LogP contribution >= 0.6 is 0 Å². The highest BCUT2D eigenvalue weighted by Crippen LogP contribution is 2.24. The fourth-order valence-corrected chi connectivity index (χ4v) is 1.90. The Morgan fingerprint density at radius 2 is 2.35 bits per heavy atom. The molecule has 0 saturated heterocycles. The molecular weight excluding hydrogens is 214 g/mol. The molecule has 0 fully saturated rings. The molecule has 0 saturated carbocycles. The average Bonchev–Trinajstić information content (AvgIpc) is 2.67. The summed E-state index contributed by atoms with van der Waals surface area (Å²) < 4.78 is 0. The quantitative estimate of drug-likeness (QED) is 0.855. The first-order valence-corrected chi connectivity index (χ1v) is 5.61. The Bertz CT molecular complexity index is 490. The Morgan fingerprint density at radius 1 is 1.59 bits per heavy atom. The van der Waals surface area contributed by atoms with Crippen molar-refractivity contribution < 1.29 is 4.79 Å². The molecule has 0 radical (unpaired) electrons. The number of hydrogen-bond acceptors (Lipinski definition) is 3. The number of nitriles is 1. The summed E-state index contributed by atoms with van der Waals surface area (Å²) in [6.07, 6.45) is 0.459. The molecule has 1 aliphatic rings. The zero-order valence-corrected chi connectivity index (χ0v) is 10.0. The second-order valence-electron chi connectivity index (χ2n) is 4.44. The topological polar surface area (TPSA) is 56.1 Å². The lowest BCUT2D eigenvalue weighted by atomic mass is 10.1. The maximum absolute atomic E-state index is 11.2. The van der Waals surface area contributed by atoms with Crippen LogP contribution in [0.4, 0.5) is 5.69 Å². The van der Waals surface area contributed by atoms with Crippen molar-refractivity contribution >= 4 is 11.6 Å². The standard InChI is InChI=1S/C13H15N3O/c1-9(7-14)16(2)8-10-3-4-12-11(5-10)6-13(17)15-12/h3-5,9H,6,8H2,1-2H3,(H,15,17). The van der Waals surface area contributed by atoms with E-state index >= 15 is 0 Å². The molecular formula is C13H15N3O. The van der Waals surface area contributed by atoms with Gasteiger partial charge in [0, 0.05) is 12.2 Å². The van der Waals surface area contributed by atoms with Crippen molar-refractivity contribution in [1.29, 1.82) is 5.26 Å². The number of hydrogen-bond donors (Lipinski definition) is 1. The van der Waals surface area contributed by atoms with Gasteiger partial charge in [-0.2, -0.15) is 5.26 Å². The fourth-order valence-electron chi connectivity index (χ4n) is 1.90. The summed E-state index contributed by atoms with van der Waals surface area (Å²) in [6, 6.07) is 8.05. The molecule has 4 nitrogen and oxygen atoms in total. The van der Waals surface area contributed by atoms with Gasteiger partial charge < -0.3 is 5.32 Å². The molecule has 1 heterocycles. The van der Waals surface area contributed by atoms with E-state index in [0.717, 1.165) is 23.4 Å². The summed E-state index contributed by atoms with van der Waals surface area (Å²) in [6.45, 7) is 2.59. The Labute approximate surface area is 101 Å². The summed E-state index contributed by atoms with van der Waals surface area (Å²) in [5, 5.41) is 11.6. The number of fused-ring (bicyclic) bond motifs is 1. The van der Waals surface area contributed by atoms with Crippen LogP contribution in [0.5, 0.6) is 0 Å². The number of anilines is 1. The molecule has 88 valence electrons. The van der Waals surface area contributed by atoms with Crippen molar-refractivity contribution in [3.05, 3.63) is 29.3 Å². The van der Waals surface area contributed by atoms with E-state index < -0.39 is 0 Å². The minimum atomic E-state index is -0.108. The van der Waals surface area contributed by atoms with E-state index in [1.807, 2.05) is 37.1 Å². The SMILES string of the molecule is CC(C#N)N(C)Cc1ccc2c(c1)CC(=O)N2. The van der Waals surface area contributed by atoms with Crippen LogP contribution in [0.25, 0.3) is 0 Å². The van der Waals surface area contributed by atoms with Crippen LogP contribution in [-0.2, 0) is 17.8 Å². The molecule has 2 rings (SSSR count). The van der Waals surface area contributed by atoms with Crippen LogP contribution < -0.4 is 5.32 Å². The Hall–Kier alpha value is -1.86. The number of amides is 1. The van der Waals surface area contributed by atoms with Crippen molar-refractivity contribution in [3.8, 4) is 6.07 Å². The van der Waals surface area contributed by atoms with E-state index in [-0.39, 0.29) is 11.9 Å². The first-order valence-electron chi connectivity index (χ1n) is 5.61. The summed E-state index contributed by atoms with van der Waals surface area (Å²) >= 11 is 0. The normalized spacial score (nSPS) is 15.3. The summed E-state index contributed by atoms with van der Waals surface area (Å²) in [7, 11) is 1.92. The third-order valence-corrected chi connectivity index (χ3v) is 3.07. The van der Waals surface area contributed by atoms with Gasteiger partial charge in [-0.05, 0) is 31.2 Å². The summed E-state index contributed by atoms with van der Waals surface area (Å²) in [5.41, 5.74) is 3.09. The highest BCUT2D eigenvalue weighted by Gasteiger charge is 2.18. The third kappa shape index (κ3) is 2.45. The number of rotatable bonds is 3. The van der Waals surface area contributed by atoms with Gasteiger partial charge in [-0.15, -0.1) is 0 Å². The van der Waals surface area contributed by atoms with Crippen molar-refractivity contribution in [2.45, 2.75) is 25.9 Å². The van der Waals surface area contributed by atoms with E-state index in [1.54, 1.807) is 0 Å². The number of benzene rings is 1. The fraction of sp³-hybridized carbons (Fsp3) is 0.385. The van der Waals surface area contributed by atoms with Crippen LogP contribution in [0.3, 0.4) is 0 Å². The van der Waals surface area contributed by atoms with Crippen molar-refractivity contribution in [1.82, 2.24) is 4.90 Å². The minimum Gasteiger partial charge on any atom is -0.326 e. The maximum atomic E-state index is 11.2. The number of nitrogens with one attached hydrogen (secondary N) is 1. The lowest BCUT2D eigenvalue weighted by Crippen LogP contribution is -2.26. The van der Waals surface area contributed by atoms with Crippen LogP contribution in [0.15, 0.2) is 18.2 Å². The van der Waals surface area contributed by atoms with Gasteiger partial charge >= 0.3 is 0 Å². The van der Waals surface area contributed by atoms with Gasteiger partial charge in [0.15, 0.2) is 0 Å². The van der Waals surface area contributed by atoms with Crippen LogP contribution in [0.2, 0.25) is 0 Å². The summed E-state index contributed by atoms with van der Waals surface area (Å²) in [5.74, 6) is 0.0518. The van der Waals surface area contributed by atoms with E-state index in [2.05, 4.69) is 11.4 Å². The second kappa shape index (κ2) is 4.56. The smallest absolute Gasteiger partial charge is 0.228 e.